The summed E-state index contributed by atoms with van der Waals surface area (Å²) in [7, 11) is 0. The van der Waals surface area contributed by atoms with Crippen LogP contribution in [0.1, 0.15) is 65.2 Å². The average molecular weight is 346 g/mol. The van der Waals surface area contributed by atoms with E-state index in [4.69, 9.17) is 0 Å². The molecule has 0 spiro atoms. The second-order valence-electron chi connectivity index (χ2n) is 9.46. The molecule has 4 rings (SSSR count). The van der Waals surface area contributed by atoms with Crippen molar-refractivity contribution in [1.29, 1.82) is 0 Å². The maximum Gasteiger partial charge on any atom is 0.306 e. The Hall–Kier alpha value is -1.16. The quantitative estimate of drug-likeness (QED) is 0.801. The third-order valence-electron chi connectivity index (χ3n) is 8.41. The highest BCUT2D eigenvalue weighted by molar-refractivity contribution is 5.91. The lowest BCUT2D eigenvalue weighted by atomic mass is 9.48. The Bertz CT molecular complexity index is 638. The third-order valence-corrected chi connectivity index (χ3v) is 8.41. The van der Waals surface area contributed by atoms with Crippen LogP contribution in [0.3, 0.4) is 0 Å². The topological polar surface area (TPSA) is 74.6 Å². The second kappa shape index (κ2) is 5.67. The van der Waals surface area contributed by atoms with E-state index < -0.39 is 11.6 Å². The molecular formula is C21H30O4. The van der Waals surface area contributed by atoms with E-state index in [0.29, 0.717) is 42.4 Å². The van der Waals surface area contributed by atoms with Gasteiger partial charge in [-0.25, -0.2) is 0 Å². The normalized spacial score (nSPS) is 49.0. The maximum absolute atomic E-state index is 11.8. The number of carbonyl (C=O) groups is 2. The van der Waals surface area contributed by atoms with Crippen molar-refractivity contribution >= 4 is 11.8 Å². The number of hydrogen-bond donors (Lipinski definition) is 2. The summed E-state index contributed by atoms with van der Waals surface area (Å²) in [6.45, 7) is 4.44. The van der Waals surface area contributed by atoms with Crippen molar-refractivity contribution in [2.24, 2.45) is 35.0 Å². The number of aliphatic hydroxyl groups is 1. The lowest BCUT2D eigenvalue weighted by Crippen LogP contribution is -2.54. The molecule has 7 atom stereocenters. The highest BCUT2D eigenvalue weighted by Gasteiger charge is 2.63. The van der Waals surface area contributed by atoms with Crippen molar-refractivity contribution in [3.8, 4) is 0 Å². The molecule has 0 aromatic heterocycles. The molecule has 3 saturated carbocycles. The van der Waals surface area contributed by atoms with Gasteiger partial charge in [0.25, 0.3) is 0 Å². The smallest absolute Gasteiger partial charge is 0.306 e. The Labute approximate surface area is 149 Å². The van der Waals surface area contributed by atoms with Crippen molar-refractivity contribution in [1.82, 2.24) is 0 Å². The molecule has 0 saturated heterocycles. The maximum atomic E-state index is 11.8. The van der Waals surface area contributed by atoms with E-state index in [2.05, 4.69) is 13.8 Å². The van der Waals surface area contributed by atoms with Crippen molar-refractivity contribution in [2.75, 3.05) is 0 Å². The number of hydrogen-bond acceptors (Lipinski definition) is 3. The first-order chi connectivity index (χ1) is 11.7. The van der Waals surface area contributed by atoms with Crippen molar-refractivity contribution < 1.29 is 19.8 Å². The number of ketones is 1. The summed E-state index contributed by atoms with van der Waals surface area (Å²) >= 11 is 0. The molecule has 4 aliphatic carbocycles. The van der Waals surface area contributed by atoms with Gasteiger partial charge in [0.15, 0.2) is 5.78 Å². The minimum absolute atomic E-state index is 0.130. The number of carbonyl (C=O) groups excluding carboxylic acids is 1. The summed E-state index contributed by atoms with van der Waals surface area (Å²) in [5.74, 6) is 2.01. The summed E-state index contributed by atoms with van der Waals surface area (Å²) in [6.07, 6.45) is 7.98. The second-order valence-corrected chi connectivity index (χ2v) is 9.46. The fraction of sp³-hybridized carbons (Fsp3) is 0.810. The highest BCUT2D eigenvalue weighted by atomic mass is 16.4. The van der Waals surface area contributed by atoms with E-state index in [-0.39, 0.29) is 17.6 Å². The lowest BCUT2D eigenvalue weighted by molar-refractivity contribution is -0.158. The Morgan fingerprint density at radius 3 is 2.76 bits per heavy atom. The van der Waals surface area contributed by atoms with Crippen LogP contribution in [-0.2, 0) is 9.59 Å². The molecule has 0 amide bonds. The Balaban J connectivity index is 1.66. The van der Waals surface area contributed by atoms with Crippen LogP contribution in [0, 0.1) is 35.0 Å². The predicted octanol–water partition coefficient (Wildman–Crippen LogP) is 3.58. The first kappa shape index (κ1) is 17.3. The zero-order valence-electron chi connectivity index (χ0n) is 15.3. The van der Waals surface area contributed by atoms with Crippen LogP contribution in [0.4, 0.5) is 0 Å². The zero-order valence-corrected chi connectivity index (χ0v) is 15.3. The molecule has 25 heavy (non-hydrogen) atoms. The molecule has 0 bridgehead atoms. The number of aliphatic carboxylic acids is 1. The predicted molar refractivity (Wildman–Crippen MR) is 93.8 cm³/mol. The van der Waals surface area contributed by atoms with Crippen LogP contribution in [0.25, 0.3) is 0 Å². The number of rotatable bonds is 2. The Morgan fingerprint density at radius 2 is 2.04 bits per heavy atom. The van der Waals surface area contributed by atoms with E-state index in [1.54, 1.807) is 0 Å². The fourth-order valence-corrected chi connectivity index (χ4v) is 7.24. The van der Waals surface area contributed by atoms with Gasteiger partial charge >= 0.3 is 5.97 Å². The number of fused-ring (bicyclic) bond motifs is 5. The minimum atomic E-state index is -1.06. The first-order valence-corrected chi connectivity index (χ1v) is 9.93. The van der Waals surface area contributed by atoms with Gasteiger partial charge in [-0.3, -0.25) is 9.59 Å². The summed E-state index contributed by atoms with van der Waals surface area (Å²) < 4.78 is 0. The van der Waals surface area contributed by atoms with Gasteiger partial charge in [0.2, 0.25) is 0 Å². The van der Waals surface area contributed by atoms with Gasteiger partial charge in [0.05, 0.1) is 12.0 Å². The van der Waals surface area contributed by atoms with Gasteiger partial charge in [-0.2, -0.15) is 0 Å². The minimum Gasteiger partial charge on any atom is -0.481 e. The van der Waals surface area contributed by atoms with Crippen LogP contribution < -0.4 is 0 Å². The Morgan fingerprint density at radius 1 is 1.28 bits per heavy atom. The number of allylic oxidation sites excluding steroid dienone is 1. The average Bonchev–Trinajstić information content (AvgIpc) is 2.77. The van der Waals surface area contributed by atoms with Crippen LogP contribution >= 0.6 is 0 Å². The van der Waals surface area contributed by atoms with Crippen molar-refractivity contribution in [2.45, 2.75) is 70.8 Å². The Kier molecular flexibility index (Phi) is 3.91. The lowest BCUT2D eigenvalue weighted by Gasteiger charge is -2.57. The molecule has 0 aromatic rings. The summed E-state index contributed by atoms with van der Waals surface area (Å²) in [5, 5.41) is 20.5. The van der Waals surface area contributed by atoms with Gasteiger partial charge in [-0.05, 0) is 79.6 Å². The molecule has 2 N–H and O–H groups in total. The summed E-state index contributed by atoms with van der Waals surface area (Å²) in [4.78, 5) is 23.2. The largest absolute Gasteiger partial charge is 0.481 e. The molecular weight excluding hydrogens is 316 g/mol. The summed E-state index contributed by atoms with van der Waals surface area (Å²) in [6, 6.07) is 0. The molecule has 4 nitrogen and oxygen atoms in total. The van der Waals surface area contributed by atoms with E-state index in [1.165, 1.54) is 5.57 Å². The molecule has 3 fully saturated rings. The molecule has 0 heterocycles. The van der Waals surface area contributed by atoms with Crippen LogP contribution in [0.5, 0.6) is 0 Å². The third kappa shape index (κ3) is 2.43. The number of carboxylic acid groups (broad SMARTS) is 1. The first-order valence-electron chi connectivity index (χ1n) is 9.93. The fourth-order valence-electron chi connectivity index (χ4n) is 7.24. The number of carboxylic acids is 1. The van der Waals surface area contributed by atoms with Gasteiger partial charge in [0, 0.05) is 6.42 Å². The van der Waals surface area contributed by atoms with Crippen molar-refractivity contribution in [3.05, 3.63) is 11.6 Å². The monoisotopic (exact) mass is 346 g/mol. The van der Waals surface area contributed by atoms with Gasteiger partial charge in [0.1, 0.15) is 0 Å². The van der Waals surface area contributed by atoms with Gasteiger partial charge in [-0.15, -0.1) is 0 Å². The molecule has 138 valence electrons. The van der Waals surface area contributed by atoms with E-state index in [9.17, 15) is 19.8 Å². The molecule has 0 radical (unpaired) electrons. The molecule has 0 aromatic carbocycles. The van der Waals surface area contributed by atoms with E-state index >= 15 is 0 Å². The molecule has 0 unspecified atom stereocenters. The van der Waals surface area contributed by atoms with Crippen molar-refractivity contribution in [3.63, 3.8) is 0 Å². The summed E-state index contributed by atoms with van der Waals surface area (Å²) in [5.41, 5.74) is 0.0201. The SMILES string of the molecule is C[C@@H]1CC2=CC(=O)CC[C@@H]2[C@H]2CC[C@@]3(C)[C@@H](CC[C@@]3(O)CC(=O)O)[C@@H]21. The van der Waals surface area contributed by atoms with Gasteiger partial charge in [-0.1, -0.05) is 19.4 Å². The van der Waals surface area contributed by atoms with Crippen LogP contribution in [0.2, 0.25) is 0 Å². The highest BCUT2D eigenvalue weighted by Crippen LogP contribution is 2.66. The molecule has 4 aliphatic rings. The van der Waals surface area contributed by atoms with Crippen LogP contribution in [0.15, 0.2) is 11.6 Å². The van der Waals surface area contributed by atoms with Crippen LogP contribution in [-0.4, -0.2) is 27.6 Å². The zero-order chi connectivity index (χ0) is 18.0. The van der Waals surface area contributed by atoms with E-state index in [1.807, 2.05) is 6.08 Å². The van der Waals surface area contributed by atoms with E-state index in [0.717, 1.165) is 32.1 Å². The molecule has 0 aliphatic heterocycles. The standard InChI is InChI=1S/C21H30O4/c1-12-9-13-10-14(22)3-4-15(13)16-5-7-20(2)17(19(12)16)6-8-21(20,25)11-18(23)24/h10,12,15-17,19,25H,3-9,11H2,1-2H3,(H,23,24)/t12-,15+,16-,17+,19-,20+,21-/m1/s1. The molecule has 4 heteroatoms. The van der Waals surface area contributed by atoms with Gasteiger partial charge < -0.3 is 10.2 Å².